The average molecular weight is 247 g/mol. The van der Waals surface area contributed by atoms with Crippen molar-refractivity contribution >= 4 is 0 Å². The molecule has 0 bridgehead atoms. The van der Waals surface area contributed by atoms with Gasteiger partial charge in [-0.05, 0) is 43.6 Å². The molecular weight excluding hydrogens is 222 g/mol. The number of nitrogens with one attached hydrogen (secondary N) is 1. The Bertz CT molecular complexity index is 351. The summed E-state index contributed by atoms with van der Waals surface area (Å²) in [5, 5.41) is 3.59. The van der Waals surface area contributed by atoms with Crippen LogP contribution in [0.25, 0.3) is 0 Å². The topological polar surface area (TPSA) is 37.8 Å². The van der Waals surface area contributed by atoms with Gasteiger partial charge in [-0.25, -0.2) is 0 Å². The molecule has 1 atom stereocenters. The van der Waals surface area contributed by atoms with E-state index in [1.165, 1.54) is 25.7 Å². The Morgan fingerprint density at radius 3 is 2.61 bits per heavy atom. The molecule has 1 aromatic rings. The first-order valence-corrected chi connectivity index (χ1v) is 7.12. The van der Waals surface area contributed by atoms with E-state index in [9.17, 15) is 0 Å². The van der Waals surface area contributed by atoms with Crippen molar-refractivity contribution in [2.75, 3.05) is 6.54 Å². The minimum atomic E-state index is 0.375. The third-order valence-electron chi connectivity index (χ3n) is 4.18. The largest absolute Gasteiger partial charge is 0.309 e. The van der Waals surface area contributed by atoms with E-state index >= 15 is 0 Å². The molecule has 100 valence electrons. The number of rotatable bonds is 4. The lowest BCUT2D eigenvalue weighted by Crippen LogP contribution is -2.33. The molecule has 1 fully saturated rings. The summed E-state index contributed by atoms with van der Waals surface area (Å²) in [5.74, 6) is 0.703. The highest BCUT2D eigenvalue weighted by Gasteiger charge is 2.32. The maximum Gasteiger partial charge on any atom is 0.0758 e. The molecule has 18 heavy (non-hydrogen) atoms. The third-order valence-corrected chi connectivity index (χ3v) is 4.18. The Hall–Kier alpha value is -0.960. The Balaban J connectivity index is 2.07. The van der Waals surface area contributed by atoms with Gasteiger partial charge in [0.1, 0.15) is 0 Å². The second-order valence-electron chi connectivity index (χ2n) is 6.17. The van der Waals surface area contributed by atoms with Gasteiger partial charge in [-0.3, -0.25) is 9.97 Å². The standard InChI is InChI=1S/C15H25N3/c1-4-17-14(13-11-16-9-10-18-13)12-5-7-15(2,3)8-6-12/h9-12,14,17H,4-8H2,1-3H3. The first kappa shape index (κ1) is 13.5. The first-order valence-electron chi connectivity index (χ1n) is 7.12. The predicted molar refractivity (Wildman–Crippen MR) is 74.2 cm³/mol. The van der Waals surface area contributed by atoms with Crippen molar-refractivity contribution in [3.05, 3.63) is 24.3 Å². The zero-order chi connectivity index (χ0) is 13.0. The van der Waals surface area contributed by atoms with Crippen LogP contribution in [0.3, 0.4) is 0 Å². The highest BCUT2D eigenvalue weighted by atomic mass is 15.0. The second kappa shape index (κ2) is 5.79. The third kappa shape index (κ3) is 3.29. The van der Waals surface area contributed by atoms with Gasteiger partial charge in [0.25, 0.3) is 0 Å². The minimum Gasteiger partial charge on any atom is -0.309 e. The zero-order valence-corrected chi connectivity index (χ0v) is 11.8. The summed E-state index contributed by atoms with van der Waals surface area (Å²) in [6.45, 7) is 7.92. The normalized spacial score (nSPS) is 21.7. The number of aromatic nitrogens is 2. The fraction of sp³-hybridized carbons (Fsp3) is 0.733. The van der Waals surface area contributed by atoms with E-state index in [-0.39, 0.29) is 0 Å². The van der Waals surface area contributed by atoms with E-state index in [1.54, 1.807) is 12.4 Å². The summed E-state index contributed by atoms with van der Waals surface area (Å²) < 4.78 is 0. The summed E-state index contributed by atoms with van der Waals surface area (Å²) in [4.78, 5) is 8.69. The predicted octanol–water partition coefficient (Wildman–Crippen LogP) is 3.34. The Kier molecular flexibility index (Phi) is 4.33. The van der Waals surface area contributed by atoms with Crippen molar-refractivity contribution in [1.29, 1.82) is 0 Å². The fourth-order valence-corrected chi connectivity index (χ4v) is 2.96. The maximum atomic E-state index is 4.48. The van der Waals surface area contributed by atoms with Crippen LogP contribution in [0.2, 0.25) is 0 Å². The van der Waals surface area contributed by atoms with E-state index in [1.807, 2.05) is 6.20 Å². The lowest BCUT2D eigenvalue weighted by molar-refractivity contribution is 0.160. The van der Waals surface area contributed by atoms with Crippen LogP contribution in [0, 0.1) is 11.3 Å². The number of nitrogens with zero attached hydrogens (tertiary/aromatic N) is 2. The van der Waals surface area contributed by atoms with Gasteiger partial charge in [0.15, 0.2) is 0 Å². The van der Waals surface area contributed by atoms with E-state index in [0.29, 0.717) is 17.4 Å². The van der Waals surface area contributed by atoms with Crippen LogP contribution in [0.1, 0.15) is 58.2 Å². The molecule has 0 aromatic carbocycles. The molecule has 0 saturated heterocycles. The Morgan fingerprint density at radius 1 is 1.33 bits per heavy atom. The van der Waals surface area contributed by atoms with Crippen LogP contribution >= 0.6 is 0 Å². The van der Waals surface area contributed by atoms with Gasteiger partial charge in [-0.15, -0.1) is 0 Å². The summed E-state index contributed by atoms with van der Waals surface area (Å²) in [5.41, 5.74) is 1.62. The summed E-state index contributed by atoms with van der Waals surface area (Å²) in [7, 11) is 0. The van der Waals surface area contributed by atoms with Gasteiger partial charge in [-0.1, -0.05) is 20.8 Å². The Morgan fingerprint density at radius 2 is 2.06 bits per heavy atom. The summed E-state index contributed by atoms with van der Waals surface area (Å²) >= 11 is 0. The van der Waals surface area contributed by atoms with Crippen LogP contribution in [0.4, 0.5) is 0 Å². The van der Waals surface area contributed by atoms with Crippen LogP contribution in [0.15, 0.2) is 18.6 Å². The van der Waals surface area contributed by atoms with Crippen molar-refractivity contribution < 1.29 is 0 Å². The molecule has 1 aliphatic carbocycles. The van der Waals surface area contributed by atoms with E-state index in [0.717, 1.165) is 12.2 Å². The van der Waals surface area contributed by atoms with Crippen LogP contribution in [-0.2, 0) is 0 Å². The van der Waals surface area contributed by atoms with Gasteiger partial charge in [0.2, 0.25) is 0 Å². The smallest absolute Gasteiger partial charge is 0.0758 e. The van der Waals surface area contributed by atoms with Gasteiger partial charge in [0, 0.05) is 18.6 Å². The Labute approximate surface area is 110 Å². The molecule has 1 N–H and O–H groups in total. The summed E-state index contributed by atoms with van der Waals surface area (Å²) in [6, 6.07) is 0.375. The molecular formula is C15H25N3. The lowest BCUT2D eigenvalue weighted by Gasteiger charge is -2.38. The molecule has 0 aliphatic heterocycles. The van der Waals surface area contributed by atoms with Crippen molar-refractivity contribution in [2.24, 2.45) is 11.3 Å². The molecule has 1 aliphatic rings. The lowest BCUT2D eigenvalue weighted by atomic mass is 9.70. The van der Waals surface area contributed by atoms with Gasteiger partial charge in [-0.2, -0.15) is 0 Å². The summed E-state index contributed by atoms with van der Waals surface area (Å²) in [6.07, 6.45) is 10.7. The van der Waals surface area contributed by atoms with E-state index in [4.69, 9.17) is 0 Å². The van der Waals surface area contributed by atoms with E-state index < -0.39 is 0 Å². The van der Waals surface area contributed by atoms with Crippen molar-refractivity contribution in [3.8, 4) is 0 Å². The molecule has 1 heterocycles. The SMILES string of the molecule is CCNC(c1cnccn1)C1CCC(C)(C)CC1. The minimum absolute atomic E-state index is 0.375. The van der Waals surface area contributed by atoms with Crippen molar-refractivity contribution in [2.45, 2.75) is 52.5 Å². The molecule has 1 unspecified atom stereocenters. The van der Waals surface area contributed by atoms with E-state index in [2.05, 4.69) is 36.1 Å². The maximum absolute atomic E-state index is 4.48. The van der Waals surface area contributed by atoms with Gasteiger partial charge in [0.05, 0.1) is 11.7 Å². The van der Waals surface area contributed by atoms with Crippen LogP contribution in [0.5, 0.6) is 0 Å². The van der Waals surface area contributed by atoms with Gasteiger partial charge < -0.3 is 5.32 Å². The monoisotopic (exact) mass is 247 g/mol. The van der Waals surface area contributed by atoms with Gasteiger partial charge >= 0.3 is 0 Å². The fourth-order valence-electron chi connectivity index (χ4n) is 2.96. The average Bonchev–Trinajstić information content (AvgIpc) is 2.38. The van der Waals surface area contributed by atoms with Crippen LogP contribution in [-0.4, -0.2) is 16.5 Å². The van der Waals surface area contributed by atoms with Crippen molar-refractivity contribution in [1.82, 2.24) is 15.3 Å². The second-order valence-corrected chi connectivity index (χ2v) is 6.17. The highest BCUT2D eigenvalue weighted by molar-refractivity contribution is 5.05. The molecule has 1 saturated carbocycles. The number of hydrogen-bond donors (Lipinski definition) is 1. The molecule has 0 spiro atoms. The zero-order valence-electron chi connectivity index (χ0n) is 11.8. The first-order chi connectivity index (χ1) is 8.62. The molecule has 3 nitrogen and oxygen atoms in total. The molecule has 2 rings (SSSR count). The quantitative estimate of drug-likeness (QED) is 0.886. The molecule has 3 heteroatoms. The number of hydrogen-bond acceptors (Lipinski definition) is 3. The molecule has 0 radical (unpaired) electrons. The van der Waals surface area contributed by atoms with Crippen LogP contribution < -0.4 is 5.32 Å². The molecule has 1 aromatic heterocycles. The molecule has 0 amide bonds. The highest BCUT2D eigenvalue weighted by Crippen LogP contribution is 2.42. The van der Waals surface area contributed by atoms with Crippen molar-refractivity contribution in [3.63, 3.8) is 0 Å².